The van der Waals surface area contributed by atoms with E-state index in [-0.39, 0.29) is 5.91 Å². The lowest BCUT2D eigenvalue weighted by Gasteiger charge is -2.20. The molecule has 1 aliphatic heterocycles. The van der Waals surface area contributed by atoms with Gasteiger partial charge >= 0.3 is 0 Å². The number of hydrogen-bond donors (Lipinski definition) is 2. The van der Waals surface area contributed by atoms with Crippen molar-refractivity contribution in [3.63, 3.8) is 0 Å². The van der Waals surface area contributed by atoms with Crippen LogP contribution in [0.25, 0.3) is 0 Å². The van der Waals surface area contributed by atoms with Crippen LogP contribution in [0.3, 0.4) is 0 Å². The normalized spacial score (nSPS) is 25.6. The number of carbonyl (C=O) groups is 1. The zero-order valence-corrected chi connectivity index (χ0v) is 7.73. The summed E-state index contributed by atoms with van der Waals surface area (Å²) in [6, 6.07) is 0.350. The number of nitrogens with one attached hydrogen (secondary N) is 2. The van der Waals surface area contributed by atoms with Crippen molar-refractivity contribution in [2.24, 2.45) is 0 Å². The fraction of sp³-hybridized carbons (Fsp3) is 0.889. The Kier molecular flexibility index (Phi) is 4.08. The highest BCUT2D eigenvalue weighted by atomic mass is 16.1. The fourth-order valence-corrected chi connectivity index (χ4v) is 1.61. The minimum absolute atomic E-state index is 0.0855. The van der Waals surface area contributed by atoms with Crippen molar-refractivity contribution in [2.45, 2.75) is 38.6 Å². The molecule has 1 fully saturated rings. The smallest absolute Gasteiger partial charge is 0.217 e. The second kappa shape index (κ2) is 5.14. The Morgan fingerprint density at radius 1 is 1.42 bits per heavy atom. The molecule has 3 heteroatoms. The van der Waals surface area contributed by atoms with Crippen molar-refractivity contribution in [3.05, 3.63) is 0 Å². The van der Waals surface area contributed by atoms with Crippen LogP contribution in [0, 0.1) is 0 Å². The molecule has 0 radical (unpaired) electrons. The van der Waals surface area contributed by atoms with Gasteiger partial charge in [-0.3, -0.25) is 4.79 Å². The molecule has 1 atom stereocenters. The number of hydrogen-bond acceptors (Lipinski definition) is 2. The van der Waals surface area contributed by atoms with E-state index in [4.69, 9.17) is 0 Å². The minimum atomic E-state index is 0.0855. The molecular weight excluding hydrogens is 152 g/mol. The Bertz CT molecular complexity index is 139. The molecule has 2 N–H and O–H groups in total. The molecule has 0 spiro atoms. The van der Waals surface area contributed by atoms with E-state index in [2.05, 4.69) is 10.6 Å². The van der Waals surface area contributed by atoms with E-state index in [9.17, 15) is 4.79 Å². The second-order valence-corrected chi connectivity index (χ2v) is 3.45. The van der Waals surface area contributed by atoms with Gasteiger partial charge in [-0.15, -0.1) is 0 Å². The Balaban J connectivity index is 2.24. The topological polar surface area (TPSA) is 41.1 Å². The maximum Gasteiger partial charge on any atom is 0.217 e. The summed E-state index contributed by atoms with van der Waals surface area (Å²) < 4.78 is 0. The second-order valence-electron chi connectivity index (χ2n) is 3.45. The summed E-state index contributed by atoms with van der Waals surface area (Å²) in [6.45, 7) is 3.61. The molecule has 0 bridgehead atoms. The van der Waals surface area contributed by atoms with Crippen molar-refractivity contribution in [3.8, 4) is 0 Å². The first-order valence-electron chi connectivity index (χ1n) is 4.77. The van der Waals surface area contributed by atoms with E-state index in [1.54, 1.807) is 6.92 Å². The predicted molar refractivity (Wildman–Crippen MR) is 48.9 cm³/mol. The van der Waals surface area contributed by atoms with Crippen LogP contribution in [0.1, 0.15) is 32.6 Å². The van der Waals surface area contributed by atoms with Crippen LogP contribution in [0.5, 0.6) is 0 Å². The largest absolute Gasteiger partial charge is 0.352 e. The fourth-order valence-electron chi connectivity index (χ4n) is 1.61. The molecule has 0 aromatic rings. The molecule has 70 valence electrons. The molecule has 1 saturated heterocycles. The zero-order valence-electron chi connectivity index (χ0n) is 7.73. The molecule has 1 heterocycles. The molecule has 12 heavy (non-hydrogen) atoms. The summed E-state index contributed by atoms with van der Waals surface area (Å²) in [5.74, 6) is 0.0855. The van der Waals surface area contributed by atoms with Crippen molar-refractivity contribution in [1.82, 2.24) is 10.6 Å². The molecule has 1 aliphatic rings. The number of amides is 1. The third kappa shape index (κ3) is 3.72. The van der Waals surface area contributed by atoms with E-state index in [1.165, 1.54) is 19.3 Å². The van der Waals surface area contributed by atoms with Crippen LogP contribution in [0.15, 0.2) is 0 Å². The van der Waals surface area contributed by atoms with Crippen molar-refractivity contribution in [2.75, 3.05) is 13.1 Å². The van der Waals surface area contributed by atoms with Crippen molar-refractivity contribution >= 4 is 5.91 Å². The van der Waals surface area contributed by atoms with Crippen LogP contribution in [0.4, 0.5) is 0 Å². The van der Waals surface area contributed by atoms with Crippen LogP contribution in [-0.4, -0.2) is 25.0 Å². The van der Waals surface area contributed by atoms with Gasteiger partial charge in [0.1, 0.15) is 0 Å². The lowest BCUT2D eigenvalue weighted by Crippen LogP contribution is -2.42. The van der Waals surface area contributed by atoms with Gasteiger partial charge in [0, 0.05) is 19.5 Å². The molecule has 0 saturated carbocycles. The van der Waals surface area contributed by atoms with E-state index in [0.717, 1.165) is 19.5 Å². The van der Waals surface area contributed by atoms with Gasteiger partial charge in [0.2, 0.25) is 5.91 Å². The molecule has 1 unspecified atom stereocenters. The Morgan fingerprint density at radius 3 is 3.00 bits per heavy atom. The maximum absolute atomic E-state index is 10.8. The van der Waals surface area contributed by atoms with Crippen LogP contribution in [-0.2, 0) is 4.79 Å². The van der Waals surface area contributed by atoms with Gasteiger partial charge in [-0.05, 0) is 19.4 Å². The average Bonchev–Trinajstić information content (AvgIpc) is 1.93. The van der Waals surface area contributed by atoms with E-state index in [0.29, 0.717) is 6.04 Å². The molecule has 0 aromatic carbocycles. The molecule has 0 aliphatic carbocycles. The zero-order chi connectivity index (χ0) is 8.81. The maximum atomic E-state index is 10.8. The number of rotatable bonds is 1. The first kappa shape index (κ1) is 9.52. The van der Waals surface area contributed by atoms with Gasteiger partial charge in [0.25, 0.3) is 0 Å². The highest BCUT2D eigenvalue weighted by Crippen LogP contribution is 2.05. The summed E-state index contributed by atoms with van der Waals surface area (Å²) in [6.07, 6.45) is 4.91. The minimum Gasteiger partial charge on any atom is -0.352 e. The predicted octanol–water partition coefficient (Wildman–Crippen LogP) is 0.655. The molecule has 0 aromatic heterocycles. The summed E-state index contributed by atoms with van der Waals surface area (Å²) in [7, 11) is 0. The van der Waals surface area contributed by atoms with Gasteiger partial charge < -0.3 is 10.6 Å². The number of carbonyl (C=O) groups excluding carboxylic acids is 1. The molecule has 3 nitrogen and oxygen atoms in total. The summed E-state index contributed by atoms with van der Waals surface area (Å²) in [4.78, 5) is 10.8. The summed E-state index contributed by atoms with van der Waals surface area (Å²) in [5.41, 5.74) is 0. The highest BCUT2D eigenvalue weighted by Gasteiger charge is 2.10. The monoisotopic (exact) mass is 170 g/mol. The van der Waals surface area contributed by atoms with E-state index < -0.39 is 0 Å². The first-order chi connectivity index (χ1) is 5.79. The summed E-state index contributed by atoms with van der Waals surface area (Å²) >= 11 is 0. The lowest BCUT2D eigenvalue weighted by atomic mass is 10.1. The summed E-state index contributed by atoms with van der Waals surface area (Å²) in [5, 5.41) is 6.28. The molecule has 1 amide bonds. The van der Waals surface area contributed by atoms with Crippen LogP contribution in [0.2, 0.25) is 0 Å². The quantitative estimate of drug-likeness (QED) is 0.607. The van der Waals surface area contributed by atoms with Crippen molar-refractivity contribution in [1.29, 1.82) is 0 Å². The van der Waals surface area contributed by atoms with Gasteiger partial charge in [-0.25, -0.2) is 0 Å². The molecule has 1 rings (SSSR count). The van der Waals surface area contributed by atoms with Gasteiger partial charge in [0.05, 0.1) is 0 Å². The van der Waals surface area contributed by atoms with Gasteiger partial charge in [-0.2, -0.15) is 0 Å². The van der Waals surface area contributed by atoms with Crippen LogP contribution < -0.4 is 10.6 Å². The standard InChI is InChI=1S/C9H18N2O/c1-8(12)11-9-5-3-2-4-6-10-7-9/h9-10H,2-7H2,1H3,(H,11,12). The highest BCUT2D eigenvalue weighted by molar-refractivity contribution is 5.73. The van der Waals surface area contributed by atoms with Gasteiger partial charge in [-0.1, -0.05) is 12.8 Å². The van der Waals surface area contributed by atoms with Gasteiger partial charge in [0.15, 0.2) is 0 Å². The van der Waals surface area contributed by atoms with Crippen molar-refractivity contribution < 1.29 is 4.79 Å². The average molecular weight is 170 g/mol. The third-order valence-corrected chi connectivity index (χ3v) is 2.20. The SMILES string of the molecule is CC(=O)NC1CCCCCNC1. The lowest BCUT2D eigenvalue weighted by molar-refractivity contribution is -0.119. The Labute approximate surface area is 73.9 Å². The van der Waals surface area contributed by atoms with Crippen LogP contribution >= 0.6 is 0 Å². The van der Waals surface area contributed by atoms with E-state index >= 15 is 0 Å². The Hall–Kier alpha value is -0.570. The van der Waals surface area contributed by atoms with E-state index in [1.807, 2.05) is 0 Å². The first-order valence-corrected chi connectivity index (χ1v) is 4.77. The third-order valence-electron chi connectivity index (χ3n) is 2.20. The molecular formula is C9H18N2O. The Morgan fingerprint density at radius 2 is 2.25 bits per heavy atom.